The molecule has 1 aromatic carbocycles. The molecular formula is C15H24ClN3O2. The maximum absolute atomic E-state index is 11.8. The van der Waals surface area contributed by atoms with Gasteiger partial charge in [0.1, 0.15) is 0 Å². The summed E-state index contributed by atoms with van der Waals surface area (Å²) in [5, 5.41) is 5.63. The Morgan fingerprint density at radius 3 is 2.62 bits per heavy atom. The van der Waals surface area contributed by atoms with E-state index >= 15 is 0 Å². The van der Waals surface area contributed by atoms with Gasteiger partial charge in [0.15, 0.2) is 0 Å². The molecule has 5 nitrogen and oxygen atoms in total. The maximum atomic E-state index is 11.8. The normalized spacial score (nSPS) is 11.2. The van der Waals surface area contributed by atoms with E-state index in [2.05, 4.69) is 10.6 Å². The molecule has 0 bridgehead atoms. The lowest BCUT2D eigenvalue weighted by molar-refractivity contribution is -0.124. The van der Waals surface area contributed by atoms with Gasteiger partial charge in [-0.15, -0.1) is 12.4 Å². The average Bonchev–Trinajstić information content (AvgIpc) is 2.49. The van der Waals surface area contributed by atoms with E-state index in [1.54, 1.807) is 19.1 Å². The standard InChI is InChI=1S/C15H23N3O2.ClH/c1-3-7-17-15(20)13-6-4-5-12(8-13)10-18-14(19)11(2)9-16;/h4-6,8,11H,3,7,9-10,16H2,1-2H3,(H,17,20)(H,18,19);1H. The average molecular weight is 314 g/mol. The SMILES string of the molecule is CCCNC(=O)c1cccc(CNC(=O)C(C)CN)c1.Cl. The first-order valence-electron chi connectivity index (χ1n) is 6.93. The first-order chi connectivity index (χ1) is 9.58. The molecule has 0 radical (unpaired) electrons. The second-order valence-electron chi connectivity index (χ2n) is 4.81. The number of carbonyl (C=O) groups is 2. The number of hydrogen-bond acceptors (Lipinski definition) is 3. The van der Waals surface area contributed by atoms with Crippen molar-refractivity contribution in [2.24, 2.45) is 11.7 Å². The first-order valence-corrected chi connectivity index (χ1v) is 6.93. The Kier molecular flexibility index (Phi) is 9.41. The summed E-state index contributed by atoms with van der Waals surface area (Å²) >= 11 is 0. The van der Waals surface area contributed by atoms with E-state index in [1.165, 1.54) is 0 Å². The zero-order valence-electron chi connectivity index (χ0n) is 12.5. The highest BCUT2D eigenvalue weighted by Crippen LogP contribution is 2.06. The van der Waals surface area contributed by atoms with Gasteiger partial charge in [0, 0.05) is 31.1 Å². The predicted octanol–water partition coefficient (Wildman–Crippen LogP) is 1.46. The van der Waals surface area contributed by atoms with Crippen molar-refractivity contribution < 1.29 is 9.59 Å². The van der Waals surface area contributed by atoms with Gasteiger partial charge in [-0.1, -0.05) is 26.0 Å². The zero-order valence-corrected chi connectivity index (χ0v) is 13.3. The molecule has 1 unspecified atom stereocenters. The van der Waals surface area contributed by atoms with Crippen molar-refractivity contribution in [3.63, 3.8) is 0 Å². The van der Waals surface area contributed by atoms with E-state index in [-0.39, 0.29) is 30.1 Å². The molecule has 118 valence electrons. The second kappa shape index (κ2) is 10.2. The largest absolute Gasteiger partial charge is 0.352 e. The molecule has 6 heteroatoms. The third-order valence-corrected chi connectivity index (χ3v) is 2.99. The highest BCUT2D eigenvalue weighted by Gasteiger charge is 2.10. The molecule has 0 saturated heterocycles. The zero-order chi connectivity index (χ0) is 15.0. The molecule has 1 rings (SSSR count). The monoisotopic (exact) mass is 313 g/mol. The third kappa shape index (κ3) is 6.60. The van der Waals surface area contributed by atoms with Crippen LogP contribution in [0.4, 0.5) is 0 Å². The number of nitrogens with two attached hydrogens (primary N) is 1. The van der Waals surface area contributed by atoms with E-state index in [0.717, 1.165) is 12.0 Å². The van der Waals surface area contributed by atoms with Gasteiger partial charge in [0.25, 0.3) is 5.91 Å². The summed E-state index contributed by atoms with van der Waals surface area (Å²) in [5.41, 5.74) is 6.94. The van der Waals surface area contributed by atoms with Crippen molar-refractivity contribution in [3.05, 3.63) is 35.4 Å². The van der Waals surface area contributed by atoms with Gasteiger partial charge in [0.2, 0.25) is 5.91 Å². The summed E-state index contributed by atoms with van der Waals surface area (Å²) in [6.45, 7) is 5.17. The smallest absolute Gasteiger partial charge is 0.251 e. The highest BCUT2D eigenvalue weighted by atomic mass is 35.5. The third-order valence-electron chi connectivity index (χ3n) is 2.99. The molecule has 0 aliphatic heterocycles. The topological polar surface area (TPSA) is 84.2 Å². The molecule has 2 amide bonds. The summed E-state index contributed by atoms with van der Waals surface area (Å²) < 4.78 is 0. The summed E-state index contributed by atoms with van der Waals surface area (Å²) in [5.74, 6) is -0.366. The van der Waals surface area contributed by atoms with Crippen LogP contribution in [0.1, 0.15) is 36.2 Å². The lowest BCUT2D eigenvalue weighted by atomic mass is 10.1. The maximum Gasteiger partial charge on any atom is 0.251 e. The van der Waals surface area contributed by atoms with Crippen LogP contribution in [0, 0.1) is 5.92 Å². The quantitative estimate of drug-likeness (QED) is 0.712. The first kappa shape index (κ1) is 19.4. The number of nitrogens with one attached hydrogen (secondary N) is 2. The van der Waals surface area contributed by atoms with Gasteiger partial charge < -0.3 is 16.4 Å². The van der Waals surface area contributed by atoms with Crippen LogP contribution in [-0.2, 0) is 11.3 Å². The number of carbonyl (C=O) groups excluding carboxylic acids is 2. The van der Waals surface area contributed by atoms with Crippen molar-refractivity contribution in [2.45, 2.75) is 26.8 Å². The van der Waals surface area contributed by atoms with Gasteiger partial charge >= 0.3 is 0 Å². The Hall–Kier alpha value is -1.59. The number of rotatable bonds is 7. The van der Waals surface area contributed by atoms with Gasteiger partial charge in [-0.05, 0) is 24.1 Å². The van der Waals surface area contributed by atoms with E-state index in [1.807, 2.05) is 19.1 Å². The molecule has 0 spiro atoms. The Morgan fingerprint density at radius 2 is 2.00 bits per heavy atom. The minimum absolute atomic E-state index is 0. The van der Waals surface area contributed by atoms with Crippen molar-refractivity contribution in [1.82, 2.24) is 10.6 Å². The number of hydrogen-bond donors (Lipinski definition) is 3. The molecule has 0 aliphatic rings. The summed E-state index contributed by atoms with van der Waals surface area (Å²) in [4.78, 5) is 23.5. The minimum atomic E-state index is -0.203. The Morgan fingerprint density at radius 1 is 1.29 bits per heavy atom. The van der Waals surface area contributed by atoms with Crippen molar-refractivity contribution in [1.29, 1.82) is 0 Å². The molecule has 0 saturated carbocycles. The van der Waals surface area contributed by atoms with Crippen LogP contribution in [0.2, 0.25) is 0 Å². The molecule has 0 heterocycles. The molecule has 1 aromatic rings. The lowest BCUT2D eigenvalue weighted by Crippen LogP contribution is -2.32. The lowest BCUT2D eigenvalue weighted by Gasteiger charge is -2.10. The van der Waals surface area contributed by atoms with Gasteiger partial charge in [-0.2, -0.15) is 0 Å². The summed E-state index contributed by atoms with van der Waals surface area (Å²) in [7, 11) is 0. The van der Waals surface area contributed by atoms with Crippen molar-refractivity contribution in [3.8, 4) is 0 Å². The van der Waals surface area contributed by atoms with Crippen LogP contribution in [0.15, 0.2) is 24.3 Å². The highest BCUT2D eigenvalue weighted by molar-refractivity contribution is 5.94. The fourth-order valence-electron chi connectivity index (χ4n) is 1.63. The molecular weight excluding hydrogens is 290 g/mol. The number of benzene rings is 1. The molecule has 4 N–H and O–H groups in total. The second-order valence-corrected chi connectivity index (χ2v) is 4.81. The molecule has 21 heavy (non-hydrogen) atoms. The van der Waals surface area contributed by atoms with Crippen LogP contribution < -0.4 is 16.4 Å². The van der Waals surface area contributed by atoms with Crippen LogP contribution >= 0.6 is 12.4 Å². The fourth-order valence-corrected chi connectivity index (χ4v) is 1.63. The van der Waals surface area contributed by atoms with Gasteiger partial charge in [-0.25, -0.2) is 0 Å². The Labute approximate surface area is 132 Å². The summed E-state index contributed by atoms with van der Waals surface area (Å²) in [6, 6.07) is 7.25. The van der Waals surface area contributed by atoms with E-state index in [4.69, 9.17) is 5.73 Å². The van der Waals surface area contributed by atoms with Crippen LogP contribution in [-0.4, -0.2) is 24.9 Å². The van der Waals surface area contributed by atoms with Crippen molar-refractivity contribution >= 4 is 24.2 Å². The van der Waals surface area contributed by atoms with Crippen LogP contribution in [0.25, 0.3) is 0 Å². The predicted molar refractivity (Wildman–Crippen MR) is 86.4 cm³/mol. The molecule has 1 atom stereocenters. The molecule has 0 aliphatic carbocycles. The van der Waals surface area contributed by atoms with E-state index in [0.29, 0.717) is 25.2 Å². The Balaban J connectivity index is 0.00000400. The Bertz CT molecular complexity index is 466. The van der Waals surface area contributed by atoms with E-state index < -0.39 is 0 Å². The van der Waals surface area contributed by atoms with Gasteiger partial charge in [-0.3, -0.25) is 9.59 Å². The van der Waals surface area contributed by atoms with Crippen LogP contribution in [0.3, 0.4) is 0 Å². The van der Waals surface area contributed by atoms with Gasteiger partial charge in [0.05, 0.1) is 0 Å². The van der Waals surface area contributed by atoms with Crippen LogP contribution in [0.5, 0.6) is 0 Å². The minimum Gasteiger partial charge on any atom is -0.352 e. The number of halogens is 1. The number of amides is 2. The molecule has 0 aromatic heterocycles. The van der Waals surface area contributed by atoms with E-state index in [9.17, 15) is 9.59 Å². The summed E-state index contributed by atoms with van der Waals surface area (Å²) in [6.07, 6.45) is 0.901. The fraction of sp³-hybridized carbons (Fsp3) is 0.467. The van der Waals surface area contributed by atoms with Crippen molar-refractivity contribution in [2.75, 3.05) is 13.1 Å². The molecule has 0 fully saturated rings.